The van der Waals surface area contributed by atoms with Crippen molar-refractivity contribution in [3.63, 3.8) is 0 Å². The van der Waals surface area contributed by atoms with Crippen LogP contribution in [0.2, 0.25) is 0 Å². The normalized spacial score (nSPS) is 34.0. The van der Waals surface area contributed by atoms with Gasteiger partial charge >= 0.3 is 0 Å². The van der Waals surface area contributed by atoms with Crippen LogP contribution in [0, 0.1) is 11.8 Å². The molecule has 1 heterocycles. The molecule has 1 unspecified atom stereocenters. The number of nitrogens with zero attached hydrogens (tertiary/aromatic N) is 3. The molecular formula is C17H31N3. The van der Waals surface area contributed by atoms with Crippen molar-refractivity contribution in [2.75, 3.05) is 0 Å². The topological polar surface area (TPSA) is 28.0 Å². The van der Waals surface area contributed by atoms with Crippen LogP contribution in [0.5, 0.6) is 0 Å². The summed E-state index contributed by atoms with van der Waals surface area (Å²) in [7, 11) is 0. The Kier molecular flexibility index (Phi) is 5.22. The van der Waals surface area contributed by atoms with E-state index in [4.69, 9.17) is 0 Å². The summed E-state index contributed by atoms with van der Waals surface area (Å²) in [6, 6.07) is 0.571. The third-order valence-corrected chi connectivity index (χ3v) is 5.51. The van der Waals surface area contributed by atoms with Crippen molar-refractivity contribution in [3.8, 4) is 0 Å². The summed E-state index contributed by atoms with van der Waals surface area (Å²) in [5.74, 6) is 1.87. The fourth-order valence-electron chi connectivity index (χ4n) is 3.63. The van der Waals surface area contributed by atoms with E-state index in [-0.39, 0.29) is 5.54 Å². The lowest BCUT2D eigenvalue weighted by molar-refractivity contribution is 0.139. The van der Waals surface area contributed by atoms with E-state index < -0.39 is 0 Å². The molecule has 1 saturated carbocycles. The van der Waals surface area contributed by atoms with Crippen LogP contribution >= 0.6 is 0 Å². The smallest absolute Gasteiger partial charge is 0.100 e. The van der Waals surface area contributed by atoms with Gasteiger partial charge in [-0.25, -0.2) is 0 Å². The Labute approximate surface area is 124 Å². The van der Waals surface area contributed by atoms with Gasteiger partial charge in [-0.05, 0) is 56.9 Å². The maximum absolute atomic E-state index is 4.49. The van der Waals surface area contributed by atoms with Crippen LogP contribution in [0.15, 0.2) is 22.6 Å². The molecule has 0 bridgehead atoms. The quantitative estimate of drug-likeness (QED) is 0.666. The summed E-state index contributed by atoms with van der Waals surface area (Å²) in [6.45, 7) is 9.00. The Morgan fingerprint density at radius 3 is 2.25 bits per heavy atom. The monoisotopic (exact) mass is 277 g/mol. The molecule has 3 nitrogen and oxygen atoms in total. The zero-order chi connectivity index (χ0) is 14.6. The van der Waals surface area contributed by atoms with Gasteiger partial charge in [0.2, 0.25) is 0 Å². The Bertz CT molecular complexity index is 335. The summed E-state index contributed by atoms with van der Waals surface area (Å²) < 4.78 is 0. The Morgan fingerprint density at radius 2 is 1.80 bits per heavy atom. The minimum atomic E-state index is -0.0801. The van der Waals surface area contributed by atoms with Gasteiger partial charge in [0.05, 0.1) is 6.04 Å². The lowest BCUT2D eigenvalue weighted by Crippen LogP contribution is -2.35. The molecule has 1 atom stereocenters. The highest BCUT2D eigenvalue weighted by Crippen LogP contribution is 2.36. The Hall–Kier alpha value is -0.860. The molecule has 0 spiro atoms. The van der Waals surface area contributed by atoms with Crippen LogP contribution in [0.25, 0.3) is 0 Å². The van der Waals surface area contributed by atoms with Crippen molar-refractivity contribution in [2.45, 2.75) is 84.2 Å². The van der Waals surface area contributed by atoms with Crippen LogP contribution < -0.4 is 0 Å². The maximum Gasteiger partial charge on any atom is 0.100 e. The van der Waals surface area contributed by atoms with Gasteiger partial charge in [-0.3, -0.25) is 5.01 Å². The third kappa shape index (κ3) is 3.42. The maximum atomic E-state index is 4.49. The van der Waals surface area contributed by atoms with E-state index in [2.05, 4.69) is 55.3 Å². The fraction of sp³-hybridized carbons (Fsp3) is 0.882. The van der Waals surface area contributed by atoms with E-state index in [9.17, 15) is 0 Å². The van der Waals surface area contributed by atoms with Crippen LogP contribution in [-0.4, -0.2) is 16.6 Å². The minimum absolute atomic E-state index is 0.0801. The van der Waals surface area contributed by atoms with Crippen molar-refractivity contribution in [1.29, 1.82) is 0 Å². The summed E-state index contributed by atoms with van der Waals surface area (Å²) in [6.07, 6.45) is 13.3. The van der Waals surface area contributed by atoms with E-state index in [1.54, 1.807) is 0 Å². The van der Waals surface area contributed by atoms with Crippen molar-refractivity contribution in [2.24, 2.45) is 22.2 Å². The standard InChI is InChI=1S/C17H31N3/c1-5-14(6-2)15-8-10-16(11-9-15)20-13-12-17(4,7-3)18-19-20/h12-16H,5-11H2,1-4H3. The average Bonchev–Trinajstić information content (AvgIpc) is 2.50. The summed E-state index contributed by atoms with van der Waals surface area (Å²) in [4.78, 5) is 0. The molecule has 2 aliphatic rings. The second-order valence-electron chi connectivity index (χ2n) is 6.74. The first-order valence-electron chi connectivity index (χ1n) is 8.52. The number of rotatable bonds is 5. The molecule has 3 heteroatoms. The van der Waals surface area contributed by atoms with Crippen molar-refractivity contribution >= 4 is 0 Å². The predicted molar refractivity (Wildman–Crippen MR) is 84.3 cm³/mol. The minimum Gasteiger partial charge on any atom is -0.252 e. The van der Waals surface area contributed by atoms with Crippen LogP contribution in [0.1, 0.15) is 72.6 Å². The predicted octanol–water partition coefficient (Wildman–Crippen LogP) is 5.35. The zero-order valence-electron chi connectivity index (χ0n) is 13.7. The Balaban J connectivity index is 1.86. The SMILES string of the molecule is CCC(CC)C1CCC(N2C=CC(C)(CC)N=N2)CC1. The molecule has 1 aliphatic carbocycles. The molecule has 0 amide bonds. The Morgan fingerprint density at radius 1 is 1.15 bits per heavy atom. The molecule has 2 rings (SSSR count). The molecule has 0 radical (unpaired) electrons. The van der Waals surface area contributed by atoms with Gasteiger partial charge in [-0.2, -0.15) is 5.11 Å². The van der Waals surface area contributed by atoms with Gasteiger partial charge in [0.1, 0.15) is 5.54 Å². The molecule has 0 aromatic heterocycles. The first-order valence-corrected chi connectivity index (χ1v) is 8.52. The molecule has 114 valence electrons. The molecule has 0 N–H and O–H groups in total. The van der Waals surface area contributed by atoms with Gasteiger partial charge in [0.15, 0.2) is 0 Å². The zero-order valence-corrected chi connectivity index (χ0v) is 13.7. The second-order valence-corrected chi connectivity index (χ2v) is 6.74. The largest absolute Gasteiger partial charge is 0.252 e. The summed E-state index contributed by atoms with van der Waals surface area (Å²) in [5.41, 5.74) is -0.0801. The van der Waals surface area contributed by atoms with Gasteiger partial charge in [0.25, 0.3) is 0 Å². The first-order chi connectivity index (χ1) is 9.61. The van der Waals surface area contributed by atoms with E-state index in [1.165, 1.54) is 38.5 Å². The van der Waals surface area contributed by atoms with Gasteiger partial charge in [0, 0.05) is 6.20 Å². The lowest BCUT2D eigenvalue weighted by Gasteiger charge is -2.37. The average molecular weight is 277 g/mol. The van der Waals surface area contributed by atoms with Gasteiger partial charge in [-0.1, -0.05) is 38.8 Å². The van der Waals surface area contributed by atoms with E-state index in [1.807, 2.05) is 0 Å². The highest BCUT2D eigenvalue weighted by Gasteiger charge is 2.30. The number of hydrogen-bond acceptors (Lipinski definition) is 3. The first kappa shape index (κ1) is 15.5. The van der Waals surface area contributed by atoms with E-state index in [0.717, 1.165) is 18.3 Å². The molecule has 1 fully saturated rings. The molecular weight excluding hydrogens is 246 g/mol. The third-order valence-electron chi connectivity index (χ3n) is 5.51. The van der Waals surface area contributed by atoms with Crippen molar-refractivity contribution in [3.05, 3.63) is 12.3 Å². The summed E-state index contributed by atoms with van der Waals surface area (Å²) in [5, 5.41) is 11.1. The van der Waals surface area contributed by atoms with Crippen LogP contribution in [0.3, 0.4) is 0 Å². The van der Waals surface area contributed by atoms with Crippen molar-refractivity contribution in [1.82, 2.24) is 5.01 Å². The molecule has 0 aromatic rings. The molecule has 1 aliphatic heterocycles. The molecule has 0 saturated heterocycles. The second kappa shape index (κ2) is 6.73. The molecule has 20 heavy (non-hydrogen) atoms. The van der Waals surface area contributed by atoms with Crippen LogP contribution in [0.4, 0.5) is 0 Å². The van der Waals surface area contributed by atoms with E-state index >= 15 is 0 Å². The lowest BCUT2D eigenvalue weighted by atomic mass is 9.76. The highest BCUT2D eigenvalue weighted by atomic mass is 15.6. The molecule has 0 aromatic carbocycles. The van der Waals surface area contributed by atoms with E-state index in [0.29, 0.717) is 6.04 Å². The number of hydrogen-bond donors (Lipinski definition) is 0. The van der Waals surface area contributed by atoms with Gasteiger partial charge in [-0.15, -0.1) is 0 Å². The van der Waals surface area contributed by atoms with Crippen molar-refractivity contribution < 1.29 is 0 Å². The fourth-order valence-corrected chi connectivity index (χ4v) is 3.63. The van der Waals surface area contributed by atoms with Gasteiger partial charge < -0.3 is 0 Å². The highest BCUT2D eigenvalue weighted by molar-refractivity contribution is 5.05. The summed E-state index contributed by atoms with van der Waals surface area (Å²) >= 11 is 0. The van der Waals surface area contributed by atoms with Crippen LogP contribution in [-0.2, 0) is 0 Å².